The molecule has 0 aliphatic carbocycles. The summed E-state index contributed by atoms with van der Waals surface area (Å²) in [5, 5.41) is 9.98. The molecule has 8 nitrogen and oxygen atoms in total. The number of aliphatic hydroxyl groups excluding tert-OH is 1. The number of nitrogens with two attached hydrogens (primary N) is 1. The van der Waals surface area contributed by atoms with Crippen LogP contribution in [0.25, 0.3) is 0 Å². The predicted octanol–water partition coefficient (Wildman–Crippen LogP) is 0.0632. The van der Waals surface area contributed by atoms with E-state index in [-0.39, 0.29) is 30.7 Å². The van der Waals surface area contributed by atoms with E-state index >= 15 is 0 Å². The third-order valence-corrected chi connectivity index (χ3v) is 3.35. The van der Waals surface area contributed by atoms with E-state index in [9.17, 15) is 14.7 Å². The summed E-state index contributed by atoms with van der Waals surface area (Å²) in [6.07, 6.45) is -0.128. The van der Waals surface area contributed by atoms with Crippen LogP contribution < -0.4 is 11.4 Å². The van der Waals surface area contributed by atoms with Crippen LogP contribution in [0.4, 0.5) is 5.82 Å². The molecule has 0 radical (unpaired) electrons. The normalized spacial score (nSPS) is 24.6. The second kappa shape index (κ2) is 6.89. The van der Waals surface area contributed by atoms with Crippen molar-refractivity contribution in [3.05, 3.63) is 22.7 Å². The molecule has 1 aliphatic heterocycles. The Bertz CT molecular complexity index is 586. The van der Waals surface area contributed by atoms with Crippen LogP contribution in [0, 0.1) is 5.92 Å². The van der Waals surface area contributed by atoms with Crippen molar-refractivity contribution < 1.29 is 19.4 Å². The lowest BCUT2D eigenvalue weighted by molar-refractivity contribution is -0.151. The lowest BCUT2D eigenvalue weighted by Gasteiger charge is -2.16. The maximum Gasteiger partial charge on any atom is 0.351 e. The molecule has 3 atom stereocenters. The van der Waals surface area contributed by atoms with Crippen LogP contribution in [0.15, 0.2) is 17.1 Å². The van der Waals surface area contributed by atoms with Crippen molar-refractivity contribution in [2.24, 2.45) is 5.92 Å². The van der Waals surface area contributed by atoms with Gasteiger partial charge in [-0.3, -0.25) is 9.36 Å². The molecule has 122 valence electrons. The van der Waals surface area contributed by atoms with Crippen LogP contribution in [0.2, 0.25) is 0 Å². The first kappa shape index (κ1) is 16.4. The smallest absolute Gasteiger partial charge is 0.351 e. The highest BCUT2D eigenvalue weighted by Crippen LogP contribution is 2.27. The molecule has 1 fully saturated rings. The highest BCUT2D eigenvalue weighted by Gasteiger charge is 2.36. The van der Waals surface area contributed by atoms with Crippen molar-refractivity contribution in [1.82, 2.24) is 9.55 Å². The summed E-state index contributed by atoms with van der Waals surface area (Å²) in [6.45, 7) is 3.79. The standard InChI is InChI=1S/C14H21N3O5/c1-8(2)5-13(19)21-7-10-9(18)6-12(22-10)17-4-3-11(15)16-14(17)20/h3-4,8-10,12,18H,5-7H2,1-2H3,(H2,15,16,20). The summed E-state index contributed by atoms with van der Waals surface area (Å²) in [5.41, 5.74) is 4.88. The maximum absolute atomic E-state index is 11.8. The predicted molar refractivity (Wildman–Crippen MR) is 77.9 cm³/mol. The number of hydrogen-bond acceptors (Lipinski definition) is 7. The molecule has 0 amide bonds. The first-order valence-electron chi connectivity index (χ1n) is 7.20. The summed E-state index contributed by atoms with van der Waals surface area (Å²) in [4.78, 5) is 26.9. The van der Waals surface area contributed by atoms with Crippen LogP contribution in [0.3, 0.4) is 0 Å². The lowest BCUT2D eigenvalue weighted by atomic mass is 10.1. The largest absolute Gasteiger partial charge is 0.463 e. The highest BCUT2D eigenvalue weighted by molar-refractivity contribution is 5.69. The number of carbonyl (C=O) groups is 1. The molecule has 2 rings (SSSR count). The van der Waals surface area contributed by atoms with Crippen LogP contribution in [-0.2, 0) is 14.3 Å². The zero-order chi connectivity index (χ0) is 16.3. The first-order valence-corrected chi connectivity index (χ1v) is 7.20. The molecule has 1 saturated heterocycles. The fourth-order valence-corrected chi connectivity index (χ4v) is 2.25. The Morgan fingerprint density at radius 1 is 1.64 bits per heavy atom. The van der Waals surface area contributed by atoms with Crippen LogP contribution >= 0.6 is 0 Å². The van der Waals surface area contributed by atoms with E-state index in [0.717, 1.165) is 0 Å². The number of hydrogen-bond donors (Lipinski definition) is 2. The lowest BCUT2D eigenvalue weighted by Crippen LogP contribution is -2.29. The number of ether oxygens (including phenoxy) is 2. The molecule has 3 N–H and O–H groups in total. The average molecular weight is 311 g/mol. The van der Waals surface area contributed by atoms with Gasteiger partial charge in [0.15, 0.2) is 0 Å². The quantitative estimate of drug-likeness (QED) is 0.739. The summed E-state index contributed by atoms with van der Waals surface area (Å²) < 4.78 is 11.9. The zero-order valence-electron chi connectivity index (χ0n) is 12.6. The molecule has 3 unspecified atom stereocenters. The zero-order valence-corrected chi connectivity index (χ0v) is 12.6. The van der Waals surface area contributed by atoms with Crippen molar-refractivity contribution in [3.8, 4) is 0 Å². The Balaban J connectivity index is 1.94. The first-order chi connectivity index (χ1) is 10.4. The van der Waals surface area contributed by atoms with Gasteiger partial charge in [-0.15, -0.1) is 0 Å². The van der Waals surface area contributed by atoms with Gasteiger partial charge in [0.1, 0.15) is 24.8 Å². The molecule has 0 saturated carbocycles. The van der Waals surface area contributed by atoms with Gasteiger partial charge in [-0.2, -0.15) is 4.98 Å². The molecule has 8 heteroatoms. The number of rotatable bonds is 5. The minimum Gasteiger partial charge on any atom is -0.463 e. The van der Waals surface area contributed by atoms with Crippen molar-refractivity contribution in [2.45, 2.75) is 45.1 Å². The van der Waals surface area contributed by atoms with E-state index < -0.39 is 24.1 Å². The van der Waals surface area contributed by atoms with Gasteiger partial charge in [-0.25, -0.2) is 4.79 Å². The van der Waals surface area contributed by atoms with Gasteiger partial charge in [0.25, 0.3) is 0 Å². The van der Waals surface area contributed by atoms with Crippen molar-refractivity contribution in [2.75, 3.05) is 12.3 Å². The molecule has 1 aromatic heterocycles. The fraction of sp³-hybridized carbons (Fsp3) is 0.643. The van der Waals surface area contributed by atoms with E-state index in [1.807, 2.05) is 13.8 Å². The van der Waals surface area contributed by atoms with E-state index in [0.29, 0.717) is 6.42 Å². The Morgan fingerprint density at radius 3 is 3.00 bits per heavy atom. The van der Waals surface area contributed by atoms with E-state index in [1.165, 1.54) is 16.8 Å². The van der Waals surface area contributed by atoms with Crippen LogP contribution in [-0.4, -0.2) is 39.4 Å². The molecule has 1 aliphatic rings. The third kappa shape index (κ3) is 4.05. The third-order valence-electron chi connectivity index (χ3n) is 3.35. The molecule has 1 aromatic rings. The number of esters is 1. The molecule has 22 heavy (non-hydrogen) atoms. The van der Waals surface area contributed by atoms with Crippen molar-refractivity contribution in [1.29, 1.82) is 0 Å². The van der Waals surface area contributed by atoms with Gasteiger partial charge in [-0.1, -0.05) is 13.8 Å². The van der Waals surface area contributed by atoms with Gasteiger partial charge in [0.05, 0.1) is 6.10 Å². The molecule has 2 heterocycles. The Labute approximate surface area is 127 Å². The van der Waals surface area contributed by atoms with Gasteiger partial charge in [0, 0.05) is 19.0 Å². The van der Waals surface area contributed by atoms with Gasteiger partial charge < -0.3 is 20.3 Å². The summed E-state index contributed by atoms with van der Waals surface area (Å²) in [5.74, 6) is -0.00590. The van der Waals surface area contributed by atoms with E-state index in [4.69, 9.17) is 15.2 Å². The molecule has 0 aromatic carbocycles. The van der Waals surface area contributed by atoms with Crippen LogP contribution in [0.1, 0.15) is 32.9 Å². The number of aliphatic hydroxyl groups is 1. The minimum absolute atomic E-state index is 0.0413. The number of aromatic nitrogens is 2. The Kier molecular flexibility index (Phi) is 5.15. The number of anilines is 1. The monoisotopic (exact) mass is 311 g/mol. The second-order valence-corrected chi connectivity index (χ2v) is 5.76. The topological polar surface area (TPSA) is 117 Å². The number of nitrogen functional groups attached to an aromatic ring is 1. The summed E-state index contributed by atoms with van der Waals surface area (Å²) in [6, 6.07) is 1.48. The Morgan fingerprint density at radius 2 is 2.36 bits per heavy atom. The van der Waals surface area contributed by atoms with Gasteiger partial charge >= 0.3 is 11.7 Å². The maximum atomic E-state index is 11.8. The molecule has 0 bridgehead atoms. The SMILES string of the molecule is CC(C)CC(=O)OCC1OC(n2ccc(N)nc2=O)CC1O. The van der Waals surface area contributed by atoms with Crippen molar-refractivity contribution >= 4 is 11.8 Å². The average Bonchev–Trinajstić information content (AvgIpc) is 2.76. The number of nitrogens with zero attached hydrogens (tertiary/aromatic N) is 2. The van der Waals surface area contributed by atoms with E-state index in [1.54, 1.807) is 0 Å². The van der Waals surface area contributed by atoms with Gasteiger partial charge in [0.2, 0.25) is 0 Å². The minimum atomic E-state index is -0.818. The summed E-state index contributed by atoms with van der Waals surface area (Å²) in [7, 11) is 0. The second-order valence-electron chi connectivity index (χ2n) is 5.76. The van der Waals surface area contributed by atoms with Gasteiger partial charge in [-0.05, 0) is 12.0 Å². The highest BCUT2D eigenvalue weighted by atomic mass is 16.6. The van der Waals surface area contributed by atoms with Crippen molar-refractivity contribution in [3.63, 3.8) is 0 Å². The fourth-order valence-electron chi connectivity index (χ4n) is 2.25. The molecule has 0 spiro atoms. The molecular formula is C14H21N3O5. The van der Waals surface area contributed by atoms with E-state index in [2.05, 4.69) is 4.98 Å². The Hall–Kier alpha value is -1.93. The summed E-state index contributed by atoms with van der Waals surface area (Å²) >= 11 is 0. The molecular weight excluding hydrogens is 290 g/mol. The van der Waals surface area contributed by atoms with Crippen LogP contribution in [0.5, 0.6) is 0 Å². The number of carbonyl (C=O) groups excluding carboxylic acids is 1.